The molecule has 2 aliphatic heterocycles. The van der Waals surface area contributed by atoms with Crippen LogP contribution in [0.2, 0.25) is 5.02 Å². The van der Waals surface area contributed by atoms with Gasteiger partial charge in [-0.3, -0.25) is 14.8 Å². The summed E-state index contributed by atoms with van der Waals surface area (Å²) in [6.07, 6.45) is 13.1. The highest BCUT2D eigenvalue weighted by Gasteiger charge is 2.53. The molecule has 0 radical (unpaired) electrons. The van der Waals surface area contributed by atoms with Crippen molar-refractivity contribution in [2.24, 2.45) is 0 Å². The maximum Gasteiger partial charge on any atom is 0.169 e. The number of hydrogen-bond donors (Lipinski definition) is 2. The average molecular weight is 731 g/mol. The van der Waals surface area contributed by atoms with Crippen LogP contribution in [-0.2, 0) is 17.9 Å². The van der Waals surface area contributed by atoms with Crippen molar-refractivity contribution in [3.05, 3.63) is 106 Å². The maximum atomic E-state index is 17.5. The Morgan fingerprint density at radius 1 is 1.00 bits per heavy atom. The first kappa shape index (κ1) is 37.9. The van der Waals surface area contributed by atoms with Gasteiger partial charge in [-0.15, -0.1) is 0 Å². The molecule has 0 spiro atoms. The molecule has 2 aromatic carbocycles. The summed E-state index contributed by atoms with van der Waals surface area (Å²) in [5.74, 6) is 0.840. The molecule has 3 aliphatic rings. The van der Waals surface area contributed by atoms with Crippen LogP contribution in [0, 0.1) is 11.3 Å². The van der Waals surface area contributed by atoms with Crippen molar-refractivity contribution >= 4 is 17.2 Å². The van der Waals surface area contributed by atoms with Crippen LogP contribution in [0.25, 0.3) is 5.57 Å². The molecule has 3 heterocycles. The van der Waals surface area contributed by atoms with E-state index in [2.05, 4.69) is 20.9 Å². The largest absolute Gasteiger partial charge is 0.488 e. The molecular weight excluding hydrogens is 683 g/mol. The summed E-state index contributed by atoms with van der Waals surface area (Å²) in [6.45, 7) is 5.01. The Morgan fingerprint density at radius 2 is 1.75 bits per heavy atom. The molecule has 9 nitrogen and oxygen atoms in total. The van der Waals surface area contributed by atoms with E-state index >= 15 is 4.39 Å². The molecule has 3 aromatic rings. The molecule has 6 rings (SSSR count). The first-order valence-corrected chi connectivity index (χ1v) is 18.5. The van der Waals surface area contributed by atoms with Gasteiger partial charge < -0.3 is 24.4 Å². The lowest BCUT2D eigenvalue weighted by molar-refractivity contribution is -0.108. The number of pyridine rings is 1. The quantitative estimate of drug-likeness (QED) is 0.160. The first-order valence-electron chi connectivity index (χ1n) is 18.2. The van der Waals surface area contributed by atoms with Crippen molar-refractivity contribution in [3.63, 3.8) is 0 Å². The van der Waals surface area contributed by atoms with Gasteiger partial charge in [0.05, 0.1) is 23.8 Å². The molecule has 276 valence electrons. The number of ether oxygens (including phenoxy) is 3. The zero-order valence-corrected chi connectivity index (χ0v) is 30.5. The van der Waals surface area contributed by atoms with Gasteiger partial charge in [-0.2, -0.15) is 5.26 Å². The van der Waals surface area contributed by atoms with Gasteiger partial charge in [0.1, 0.15) is 30.8 Å². The number of likely N-dealkylation sites (tertiary alicyclic amines) is 2. The molecule has 2 unspecified atom stereocenters. The smallest absolute Gasteiger partial charge is 0.169 e. The number of nitriles is 1. The average Bonchev–Trinajstić information content (AvgIpc) is 3.82. The lowest BCUT2D eigenvalue weighted by Crippen LogP contribution is -2.55. The highest BCUT2D eigenvalue weighted by atomic mass is 35.5. The third-order valence-corrected chi connectivity index (χ3v) is 10.9. The van der Waals surface area contributed by atoms with Crippen LogP contribution in [-0.4, -0.2) is 94.4 Å². The van der Waals surface area contributed by atoms with Crippen molar-refractivity contribution in [1.29, 1.82) is 5.26 Å². The molecular formula is C41H48ClFN4O5. The molecule has 1 aromatic heterocycles. The predicted molar refractivity (Wildman–Crippen MR) is 199 cm³/mol. The summed E-state index contributed by atoms with van der Waals surface area (Å²) in [4.78, 5) is 8.64. The minimum Gasteiger partial charge on any atom is -0.488 e. The number of aliphatic hydroxyl groups is 2. The fourth-order valence-electron chi connectivity index (χ4n) is 7.60. The monoisotopic (exact) mass is 730 g/mol. The zero-order chi connectivity index (χ0) is 36.6. The summed E-state index contributed by atoms with van der Waals surface area (Å²) in [6, 6.07) is 17.0. The molecule has 1 aliphatic carbocycles. The molecule has 2 saturated heterocycles. The van der Waals surface area contributed by atoms with Crippen molar-refractivity contribution in [1.82, 2.24) is 14.8 Å². The van der Waals surface area contributed by atoms with Crippen molar-refractivity contribution < 1.29 is 28.8 Å². The number of allylic oxidation sites excluding steroid dienone is 2. The maximum absolute atomic E-state index is 17.5. The zero-order valence-electron chi connectivity index (χ0n) is 29.7. The number of benzene rings is 2. The number of nitrogens with zero attached hydrogens (tertiary/aromatic N) is 4. The van der Waals surface area contributed by atoms with Crippen LogP contribution >= 0.6 is 11.6 Å². The van der Waals surface area contributed by atoms with Gasteiger partial charge in [0.25, 0.3) is 0 Å². The fraction of sp³-hybridized carbons (Fsp3) is 0.463. The number of aliphatic hydroxyl groups excluding tert-OH is 2. The van der Waals surface area contributed by atoms with Crippen molar-refractivity contribution in [2.75, 3.05) is 46.1 Å². The standard InChI is InChI=1S/C41H48ClFN4O5/c1-40(43)36(32-9-3-2-4-10-32)13-5-14-41(40,52-18-8-17-46-15-6-11-34(46)26-48)29-51-39-21-38(50-28-31-19-30(22-44)23-45-24-31)33(20-37(39)42)25-47-16-7-12-35(47)27-49/h2-5,9-10,13-14,19-21,23-24,34-35,48-49H,6-8,11-12,15-18,25-29H2,1H3/t34-,35-,40?,41?/m1/s1. The molecule has 2 fully saturated rings. The van der Waals surface area contributed by atoms with E-state index in [4.69, 9.17) is 25.8 Å². The molecule has 0 amide bonds. The van der Waals surface area contributed by atoms with E-state index in [1.807, 2.05) is 42.5 Å². The molecule has 4 atom stereocenters. The van der Waals surface area contributed by atoms with Gasteiger partial charge in [-0.25, -0.2) is 4.39 Å². The van der Waals surface area contributed by atoms with Crippen LogP contribution in [0.1, 0.15) is 61.3 Å². The Morgan fingerprint density at radius 3 is 2.50 bits per heavy atom. The second-order valence-electron chi connectivity index (χ2n) is 14.0. The minimum atomic E-state index is -1.98. The van der Waals surface area contributed by atoms with Gasteiger partial charge in [-0.1, -0.05) is 54.1 Å². The molecule has 0 saturated carbocycles. The number of alkyl halides is 1. The SMILES string of the molecule is CC1(F)C(c2ccccc2)=CC=CC1(COc1cc(OCc2cncc(C#N)c2)c(CN2CCC[C@@H]2CO)cc1Cl)OCCCN1CCC[C@@H]1CO. The second kappa shape index (κ2) is 17.3. The minimum absolute atomic E-state index is 0.0447. The highest BCUT2D eigenvalue weighted by molar-refractivity contribution is 6.32. The number of rotatable bonds is 16. The van der Waals surface area contributed by atoms with Crippen molar-refractivity contribution in [3.8, 4) is 17.6 Å². The summed E-state index contributed by atoms with van der Waals surface area (Å²) >= 11 is 6.92. The van der Waals surface area contributed by atoms with Crippen LogP contribution in [0.4, 0.5) is 4.39 Å². The third-order valence-electron chi connectivity index (χ3n) is 10.6. The topological polar surface area (TPSA) is 111 Å². The van der Waals surface area contributed by atoms with Gasteiger partial charge >= 0.3 is 0 Å². The van der Waals surface area contributed by atoms with Crippen LogP contribution in [0.15, 0.2) is 79.2 Å². The third kappa shape index (κ3) is 8.52. The summed E-state index contributed by atoms with van der Waals surface area (Å²) < 4.78 is 36.9. The Balaban J connectivity index is 1.26. The normalized spacial score (nSPS) is 24.9. The molecule has 11 heteroatoms. The lowest BCUT2D eigenvalue weighted by Gasteiger charge is -2.44. The summed E-state index contributed by atoms with van der Waals surface area (Å²) in [5, 5.41) is 29.5. The van der Waals surface area contributed by atoms with Gasteiger partial charge in [0.15, 0.2) is 11.3 Å². The molecule has 52 heavy (non-hydrogen) atoms. The summed E-state index contributed by atoms with van der Waals surface area (Å²) in [5.41, 5.74) is -0.260. The Bertz CT molecular complexity index is 1770. The predicted octanol–water partition coefficient (Wildman–Crippen LogP) is 6.50. The molecule has 2 N–H and O–H groups in total. The summed E-state index contributed by atoms with van der Waals surface area (Å²) in [7, 11) is 0. The van der Waals surface area contributed by atoms with E-state index in [0.29, 0.717) is 40.6 Å². The van der Waals surface area contributed by atoms with E-state index < -0.39 is 11.3 Å². The van der Waals surface area contributed by atoms with E-state index in [9.17, 15) is 15.5 Å². The van der Waals surface area contributed by atoms with E-state index in [-0.39, 0.29) is 45.1 Å². The number of aromatic nitrogens is 1. The molecule has 0 bridgehead atoms. The number of hydrogen-bond acceptors (Lipinski definition) is 9. The lowest BCUT2D eigenvalue weighted by atomic mass is 9.74. The van der Waals surface area contributed by atoms with Gasteiger partial charge in [0, 0.05) is 61.4 Å². The second-order valence-corrected chi connectivity index (χ2v) is 14.4. The Hall–Kier alpha value is -3.82. The van der Waals surface area contributed by atoms with E-state index in [1.165, 1.54) is 13.1 Å². The van der Waals surface area contributed by atoms with Gasteiger partial charge in [-0.05, 0) is 81.5 Å². The van der Waals surface area contributed by atoms with Crippen LogP contribution < -0.4 is 9.47 Å². The Kier molecular flexibility index (Phi) is 12.6. The fourth-order valence-corrected chi connectivity index (χ4v) is 7.84. The Labute approximate surface area is 310 Å². The van der Waals surface area contributed by atoms with Gasteiger partial charge in [0.2, 0.25) is 0 Å². The number of halogens is 2. The first-order chi connectivity index (χ1) is 25.3. The van der Waals surface area contributed by atoms with Crippen LogP contribution in [0.5, 0.6) is 11.5 Å². The van der Waals surface area contributed by atoms with Crippen LogP contribution in [0.3, 0.4) is 0 Å². The van der Waals surface area contributed by atoms with E-state index in [0.717, 1.165) is 62.0 Å². The highest BCUT2D eigenvalue weighted by Crippen LogP contribution is 2.46. The van der Waals surface area contributed by atoms with E-state index in [1.54, 1.807) is 30.5 Å². The van der Waals surface area contributed by atoms with Crippen molar-refractivity contribution in [2.45, 2.75) is 75.5 Å².